The molecular weight excluding hydrogens is 232 g/mol. The second-order valence-electron chi connectivity index (χ2n) is 5.06. The fourth-order valence-electron chi connectivity index (χ4n) is 2.55. The Morgan fingerprint density at radius 2 is 2.47 bits per heavy atom. The van der Waals surface area contributed by atoms with Gasteiger partial charge in [0.15, 0.2) is 0 Å². The monoisotopic (exact) mass is 254 g/mol. The third-order valence-corrected chi connectivity index (χ3v) is 4.49. The Hall–Kier alpha value is -0.450. The SMILES string of the molecule is CCNC1(c2nccs2)CCOC(C(C)C)C1. The molecular formula is C13H22N2OS. The van der Waals surface area contributed by atoms with E-state index in [4.69, 9.17) is 4.74 Å². The van der Waals surface area contributed by atoms with Gasteiger partial charge >= 0.3 is 0 Å². The van der Waals surface area contributed by atoms with E-state index in [-0.39, 0.29) is 5.54 Å². The summed E-state index contributed by atoms with van der Waals surface area (Å²) in [4.78, 5) is 4.52. The fraction of sp³-hybridized carbons (Fsp3) is 0.769. The molecule has 0 radical (unpaired) electrons. The molecule has 4 heteroatoms. The lowest BCUT2D eigenvalue weighted by molar-refractivity contribution is -0.0531. The van der Waals surface area contributed by atoms with Gasteiger partial charge in [0.25, 0.3) is 0 Å². The zero-order valence-corrected chi connectivity index (χ0v) is 11.7. The summed E-state index contributed by atoms with van der Waals surface area (Å²) in [6, 6.07) is 0. The van der Waals surface area contributed by atoms with E-state index in [1.165, 1.54) is 5.01 Å². The van der Waals surface area contributed by atoms with Crippen LogP contribution < -0.4 is 5.32 Å². The first-order valence-corrected chi connectivity index (χ1v) is 7.32. The minimum atomic E-state index is 0.0378. The smallest absolute Gasteiger partial charge is 0.113 e. The first-order valence-electron chi connectivity index (χ1n) is 6.44. The first-order chi connectivity index (χ1) is 8.18. The summed E-state index contributed by atoms with van der Waals surface area (Å²) in [5, 5.41) is 6.93. The topological polar surface area (TPSA) is 34.2 Å². The van der Waals surface area contributed by atoms with Gasteiger partial charge in [-0.2, -0.15) is 0 Å². The molecule has 1 aromatic heterocycles. The van der Waals surface area contributed by atoms with Crippen molar-refractivity contribution in [1.29, 1.82) is 0 Å². The fourth-order valence-corrected chi connectivity index (χ4v) is 3.40. The van der Waals surface area contributed by atoms with Gasteiger partial charge in [-0.05, 0) is 25.3 Å². The lowest BCUT2D eigenvalue weighted by Gasteiger charge is -2.41. The Bertz CT molecular complexity index is 335. The van der Waals surface area contributed by atoms with Crippen molar-refractivity contribution in [3.63, 3.8) is 0 Å². The second kappa shape index (κ2) is 5.46. The number of ether oxygens (including phenoxy) is 1. The zero-order chi connectivity index (χ0) is 12.3. The lowest BCUT2D eigenvalue weighted by atomic mass is 9.83. The number of hydrogen-bond donors (Lipinski definition) is 1. The highest BCUT2D eigenvalue weighted by atomic mass is 32.1. The summed E-state index contributed by atoms with van der Waals surface area (Å²) >= 11 is 1.75. The van der Waals surface area contributed by atoms with E-state index in [0.29, 0.717) is 12.0 Å². The van der Waals surface area contributed by atoms with Crippen LogP contribution >= 0.6 is 11.3 Å². The summed E-state index contributed by atoms with van der Waals surface area (Å²) in [6.07, 6.45) is 4.30. The van der Waals surface area contributed by atoms with E-state index in [1.807, 2.05) is 6.20 Å². The van der Waals surface area contributed by atoms with Crippen molar-refractivity contribution in [3.05, 3.63) is 16.6 Å². The molecule has 0 bridgehead atoms. The van der Waals surface area contributed by atoms with Gasteiger partial charge in [-0.15, -0.1) is 11.3 Å². The minimum Gasteiger partial charge on any atom is -0.378 e. The molecule has 0 aliphatic carbocycles. The number of hydrogen-bond acceptors (Lipinski definition) is 4. The van der Waals surface area contributed by atoms with Crippen molar-refractivity contribution in [2.24, 2.45) is 5.92 Å². The molecule has 2 unspecified atom stereocenters. The van der Waals surface area contributed by atoms with Gasteiger partial charge < -0.3 is 10.1 Å². The normalized spacial score (nSPS) is 29.8. The summed E-state index contributed by atoms with van der Waals surface area (Å²) in [7, 11) is 0. The van der Waals surface area contributed by atoms with E-state index in [2.05, 4.69) is 36.5 Å². The van der Waals surface area contributed by atoms with E-state index < -0.39 is 0 Å². The van der Waals surface area contributed by atoms with Gasteiger partial charge in [0.1, 0.15) is 5.01 Å². The molecule has 0 aromatic carbocycles. The van der Waals surface area contributed by atoms with E-state index in [1.54, 1.807) is 11.3 Å². The van der Waals surface area contributed by atoms with Crippen LogP contribution in [0.25, 0.3) is 0 Å². The van der Waals surface area contributed by atoms with E-state index in [0.717, 1.165) is 26.0 Å². The molecule has 1 N–H and O–H groups in total. The highest BCUT2D eigenvalue weighted by molar-refractivity contribution is 7.09. The zero-order valence-electron chi connectivity index (χ0n) is 10.9. The Kier molecular flexibility index (Phi) is 4.17. The number of aromatic nitrogens is 1. The molecule has 0 spiro atoms. The van der Waals surface area contributed by atoms with Gasteiger partial charge in [-0.3, -0.25) is 0 Å². The average molecular weight is 254 g/mol. The van der Waals surface area contributed by atoms with Crippen LogP contribution in [-0.4, -0.2) is 24.2 Å². The van der Waals surface area contributed by atoms with Crippen molar-refractivity contribution >= 4 is 11.3 Å². The molecule has 1 aliphatic heterocycles. The first kappa shape index (κ1) is 13.0. The van der Waals surface area contributed by atoms with Crippen LogP contribution in [0.1, 0.15) is 38.6 Å². The predicted octanol–water partition coefficient (Wildman–Crippen LogP) is 2.78. The summed E-state index contributed by atoms with van der Waals surface area (Å²) in [5.74, 6) is 0.563. The van der Waals surface area contributed by atoms with Crippen LogP contribution in [0.5, 0.6) is 0 Å². The summed E-state index contributed by atoms with van der Waals surface area (Å²) < 4.78 is 5.88. The molecule has 2 heterocycles. The molecule has 96 valence electrons. The molecule has 0 saturated carbocycles. The van der Waals surface area contributed by atoms with Crippen molar-refractivity contribution < 1.29 is 4.74 Å². The number of nitrogens with zero attached hydrogens (tertiary/aromatic N) is 1. The van der Waals surface area contributed by atoms with Gasteiger partial charge in [-0.1, -0.05) is 20.8 Å². The van der Waals surface area contributed by atoms with Gasteiger partial charge in [0.05, 0.1) is 11.6 Å². The number of nitrogens with one attached hydrogen (secondary N) is 1. The molecule has 1 aliphatic rings. The molecule has 3 nitrogen and oxygen atoms in total. The minimum absolute atomic E-state index is 0.0378. The van der Waals surface area contributed by atoms with Crippen molar-refractivity contribution in [3.8, 4) is 0 Å². The Morgan fingerprint density at radius 1 is 1.65 bits per heavy atom. The van der Waals surface area contributed by atoms with Crippen molar-refractivity contribution in [1.82, 2.24) is 10.3 Å². The maximum absolute atomic E-state index is 5.88. The molecule has 2 atom stereocenters. The lowest BCUT2D eigenvalue weighted by Crippen LogP contribution is -2.50. The van der Waals surface area contributed by atoms with Crippen molar-refractivity contribution in [2.45, 2.75) is 45.3 Å². The average Bonchev–Trinajstić information content (AvgIpc) is 2.83. The van der Waals surface area contributed by atoms with Crippen LogP contribution in [0.2, 0.25) is 0 Å². The third kappa shape index (κ3) is 2.69. The number of thiazole rings is 1. The Morgan fingerprint density at radius 3 is 3.06 bits per heavy atom. The van der Waals surface area contributed by atoms with E-state index >= 15 is 0 Å². The summed E-state index contributed by atoms with van der Waals surface area (Å²) in [6.45, 7) is 8.43. The van der Waals surface area contributed by atoms with E-state index in [9.17, 15) is 0 Å². The highest BCUT2D eigenvalue weighted by Gasteiger charge is 2.40. The van der Waals surface area contributed by atoms with Crippen molar-refractivity contribution in [2.75, 3.05) is 13.2 Å². The predicted molar refractivity (Wildman–Crippen MR) is 71.3 cm³/mol. The standard InChI is InChI=1S/C13H22N2OS/c1-4-15-13(12-14-6-8-17-12)5-7-16-11(9-13)10(2)3/h6,8,10-11,15H,4-5,7,9H2,1-3H3. The molecule has 1 fully saturated rings. The van der Waals surface area contributed by atoms with Crippen LogP contribution in [-0.2, 0) is 10.3 Å². The molecule has 17 heavy (non-hydrogen) atoms. The molecule has 2 rings (SSSR count). The molecule has 1 aromatic rings. The van der Waals surface area contributed by atoms with Crippen LogP contribution in [0, 0.1) is 5.92 Å². The second-order valence-corrected chi connectivity index (χ2v) is 5.95. The summed E-state index contributed by atoms with van der Waals surface area (Å²) in [5.41, 5.74) is 0.0378. The molecule has 1 saturated heterocycles. The van der Waals surface area contributed by atoms with Gasteiger partial charge in [0, 0.05) is 18.2 Å². The van der Waals surface area contributed by atoms with Crippen LogP contribution in [0.15, 0.2) is 11.6 Å². The van der Waals surface area contributed by atoms with Crippen LogP contribution in [0.3, 0.4) is 0 Å². The van der Waals surface area contributed by atoms with Gasteiger partial charge in [0.2, 0.25) is 0 Å². The number of rotatable bonds is 4. The highest BCUT2D eigenvalue weighted by Crippen LogP contribution is 2.37. The Labute approximate surface area is 108 Å². The van der Waals surface area contributed by atoms with Crippen LogP contribution in [0.4, 0.5) is 0 Å². The maximum Gasteiger partial charge on any atom is 0.113 e. The van der Waals surface area contributed by atoms with Gasteiger partial charge in [-0.25, -0.2) is 4.98 Å². The molecule has 0 amide bonds. The largest absolute Gasteiger partial charge is 0.378 e. The maximum atomic E-state index is 5.88. The Balaban J connectivity index is 2.22. The third-order valence-electron chi connectivity index (χ3n) is 3.51. The quantitative estimate of drug-likeness (QED) is 0.897.